The van der Waals surface area contributed by atoms with E-state index in [4.69, 9.17) is 0 Å². The minimum absolute atomic E-state index is 1.16. The number of aromatic nitrogens is 2. The van der Waals surface area contributed by atoms with Crippen LogP contribution in [0.15, 0.2) is 218 Å². The molecule has 11 aromatic carbocycles. The largest absolute Gasteiger partial charge is 0.309 e. The molecule has 0 unspecified atom stereocenters. The molecule has 286 valence electrons. The second-order valence-electron chi connectivity index (χ2n) is 16.9. The van der Waals surface area contributed by atoms with Gasteiger partial charge >= 0.3 is 0 Å². The summed E-state index contributed by atoms with van der Waals surface area (Å²) in [5.41, 5.74) is 17.3. The minimum Gasteiger partial charge on any atom is -0.309 e. The van der Waals surface area contributed by atoms with E-state index in [9.17, 15) is 0 Å². The van der Waals surface area contributed by atoms with Crippen molar-refractivity contribution in [1.29, 1.82) is 0 Å². The van der Waals surface area contributed by atoms with E-state index in [1.165, 1.54) is 126 Å². The van der Waals surface area contributed by atoms with Crippen LogP contribution < -0.4 is 0 Å². The first-order valence-electron chi connectivity index (χ1n) is 21.5. The molecule has 0 saturated carbocycles. The van der Waals surface area contributed by atoms with Crippen LogP contribution in [0, 0.1) is 0 Å². The van der Waals surface area contributed by atoms with Gasteiger partial charge in [0.05, 0.1) is 22.1 Å². The molecule has 0 fully saturated rings. The number of benzene rings is 11. The standard InChI is InChI=1S/C60H36N2/c1-2-13-45(14-3-1)61-56-19-7-6-16-49(56)50-29-25-43(36-58(50)61)42-26-31-57-55(35-42)53-30-23-38-10-4-5-15-47(38)60(53)62(57)46-27-22-37-20-21-40(32-44(37)33-46)41-24-28-48-51-17-8-11-39-12-9-18-52(59(39)51)54(48)34-41/h1-36H. The number of hydrogen-bond acceptors (Lipinski definition) is 0. The molecule has 1 aliphatic carbocycles. The van der Waals surface area contributed by atoms with Crippen molar-refractivity contribution in [2.45, 2.75) is 0 Å². The van der Waals surface area contributed by atoms with Crippen LogP contribution in [0.2, 0.25) is 0 Å². The maximum absolute atomic E-state index is 2.49. The lowest BCUT2D eigenvalue weighted by molar-refractivity contribution is 1.18. The Morgan fingerprint density at radius 3 is 1.77 bits per heavy atom. The number of para-hydroxylation sites is 2. The van der Waals surface area contributed by atoms with Gasteiger partial charge in [0.2, 0.25) is 0 Å². The van der Waals surface area contributed by atoms with Crippen molar-refractivity contribution in [2.24, 2.45) is 0 Å². The van der Waals surface area contributed by atoms with Crippen LogP contribution in [0.1, 0.15) is 0 Å². The quantitative estimate of drug-likeness (QED) is 0.168. The van der Waals surface area contributed by atoms with Gasteiger partial charge in [-0.3, -0.25) is 0 Å². The molecular formula is C60H36N2. The van der Waals surface area contributed by atoms with Gasteiger partial charge < -0.3 is 9.13 Å². The van der Waals surface area contributed by atoms with Gasteiger partial charge in [0.1, 0.15) is 0 Å². The zero-order chi connectivity index (χ0) is 40.5. The Balaban J connectivity index is 0.936. The van der Waals surface area contributed by atoms with Gasteiger partial charge in [0.15, 0.2) is 0 Å². The zero-order valence-electron chi connectivity index (χ0n) is 33.7. The third-order valence-electron chi connectivity index (χ3n) is 13.6. The number of hydrogen-bond donors (Lipinski definition) is 0. The molecule has 1 aliphatic rings. The van der Waals surface area contributed by atoms with Gasteiger partial charge in [0.25, 0.3) is 0 Å². The molecule has 0 radical (unpaired) electrons. The Hall–Kier alpha value is -8.20. The molecule has 0 N–H and O–H groups in total. The fourth-order valence-electron chi connectivity index (χ4n) is 10.8. The summed E-state index contributed by atoms with van der Waals surface area (Å²) in [7, 11) is 0. The zero-order valence-corrected chi connectivity index (χ0v) is 33.7. The van der Waals surface area contributed by atoms with E-state index in [1.54, 1.807) is 0 Å². The Labute approximate surface area is 357 Å². The lowest BCUT2D eigenvalue weighted by atomic mass is 9.96. The summed E-state index contributed by atoms with van der Waals surface area (Å²) in [5, 5.41) is 12.6. The first-order chi connectivity index (χ1) is 30.7. The molecule has 0 saturated heterocycles. The molecule has 0 bridgehead atoms. The highest BCUT2D eigenvalue weighted by Gasteiger charge is 2.22. The highest BCUT2D eigenvalue weighted by Crippen LogP contribution is 2.48. The minimum atomic E-state index is 1.16. The topological polar surface area (TPSA) is 9.86 Å². The predicted molar refractivity (Wildman–Crippen MR) is 263 cm³/mol. The van der Waals surface area contributed by atoms with E-state index in [1.807, 2.05) is 0 Å². The normalized spacial score (nSPS) is 12.2. The van der Waals surface area contributed by atoms with Crippen molar-refractivity contribution >= 4 is 75.9 Å². The van der Waals surface area contributed by atoms with Crippen LogP contribution in [0.5, 0.6) is 0 Å². The first kappa shape index (κ1) is 33.6. The summed E-state index contributed by atoms with van der Waals surface area (Å²) in [6.45, 7) is 0. The van der Waals surface area contributed by atoms with Crippen molar-refractivity contribution in [3.8, 4) is 55.9 Å². The second kappa shape index (κ2) is 12.7. The van der Waals surface area contributed by atoms with Gasteiger partial charge in [0, 0.05) is 38.3 Å². The average Bonchev–Trinajstić information content (AvgIpc) is 3.97. The third-order valence-corrected chi connectivity index (χ3v) is 13.6. The van der Waals surface area contributed by atoms with Crippen molar-refractivity contribution < 1.29 is 0 Å². The average molecular weight is 785 g/mol. The van der Waals surface area contributed by atoms with Crippen molar-refractivity contribution in [1.82, 2.24) is 9.13 Å². The molecule has 2 aromatic heterocycles. The highest BCUT2D eigenvalue weighted by molar-refractivity contribution is 6.20. The van der Waals surface area contributed by atoms with Crippen molar-refractivity contribution in [2.75, 3.05) is 0 Å². The summed E-state index contributed by atoms with van der Waals surface area (Å²) < 4.78 is 4.90. The van der Waals surface area contributed by atoms with Crippen molar-refractivity contribution in [3.05, 3.63) is 218 Å². The summed E-state index contributed by atoms with van der Waals surface area (Å²) in [4.78, 5) is 0. The van der Waals surface area contributed by atoms with E-state index in [-0.39, 0.29) is 0 Å². The molecule has 2 nitrogen and oxygen atoms in total. The fraction of sp³-hybridized carbons (Fsp3) is 0. The SMILES string of the molecule is c1ccc(-n2c3ccccc3c3ccc(-c4ccc5c(c4)c4ccc6ccccc6c4n5-c4ccc5ccc(-c6ccc7c(c6)-c6cccc8cccc-7c68)cc5c4)cc32)cc1. The Bertz CT molecular complexity index is 4030. The Kier molecular flexibility index (Phi) is 6.86. The van der Waals surface area contributed by atoms with Crippen LogP contribution >= 0.6 is 0 Å². The number of nitrogens with zero attached hydrogens (tertiary/aromatic N) is 2. The third kappa shape index (κ3) is 4.75. The van der Waals surface area contributed by atoms with Crippen LogP contribution in [-0.2, 0) is 0 Å². The molecule has 2 heteroatoms. The number of fused-ring (bicyclic) bond motifs is 12. The Morgan fingerprint density at radius 1 is 0.242 bits per heavy atom. The molecule has 2 heterocycles. The lowest BCUT2D eigenvalue weighted by Gasteiger charge is -2.13. The van der Waals surface area contributed by atoms with Crippen LogP contribution in [0.3, 0.4) is 0 Å². The molecule has 0 aliphatic heterocycles. The first-order valence-corrected chi connectivity index (χ1v) is 21.5. The molecule has 62 heavy (non-hydrogen) atoms. The summed E-state index contributed by atoms with van der Waals surface area (Å²) in [6, 6.07) is 81.1. The maximum atomic E-state index is 2.49. The molecular weight excluding hydrogens is 749 g/mol. The molecule has 0 spiro atoms. The van der Waals surface area contributed by atoms with Crippen LogP contribution in [0.4, 0.5) is 0 Å². The molecule has 13 aromatic rings. The van der Waals surface area contributed by atoms with E-state index in [0.29, 0.717) is 0 Å². The molecule has 14 rings (SSSR count). The van der Waals surface area contributed by atoms with Crippen molar-refractivity contribution in [3.63, 3.8) is 0 Å². The monoisotopic (exact) mass is 784 g/mol. The number of rotatable bonds is 4. The van der Waals surface area contributed by atoms with Gasteiger partial charge in [-0.2, -0.15) is 0 Å². The highest BCUT2D eigenvalue weighted by atomic mass is 15.0. The van der Waals surface area contributed by atoms with Gasteiger partial charge in [-0.25, -0.2) is 0 Å². The van der Waals surface area contributed by atoms with E-state index >= 15 is 0 Å². The van der Waals surface area contributed by atoms with Gasteiger partial charge in [-0.1, -0.05) is 158 Å². The van der Waals surface area contributed by atoms with Crippen LogP contribution in [0.25, 0.3) is 132 Å². The Morgan fingerprint density at radius 2 is 0.871 bits per heavy atom. The summed E-state index contributed by atoms with van der Waals surface area (Å²) in [6.07, 6.45) is 0. The van der Waals surface area contributed by atoms with Crippen LogP contribution in [-0.4, -0.2) is 9.13 Å². The van der Waals surface area contributed by atoms with E-state index in [2.05, 4.69) is 228 Å². The fourth-order valence-corrected chi connectivity index (χ4v) is 10.8. The second-order valence-corrected chi connectivity index (χ2v) is 16.9. The smallest absolute Gasteiger partial charge is 0.0619 e. The molecule has 0 atom stereocenters. The van der Waals surface area contributed by atoms with E-state index < -0.39 is 0 Å². The molecule has 0 amide bonds. The lowest BCUT2D eigenvalue weighted by Crippen LogP contribution is -1.95. The van der Waals surface area contributed by atoms with Gasteiger partial charge in [-0.15, -0.1) is 0 Å². The summed E-state index contributed by atoms with van der Waals surface area (Å²) >= 11 is 0. The van der Waals surface area contributed by atoms with Gasteiger partial charge in [-0.05, 0) is 132 Å². The maximum Gasteiger partial charge on any atom is 0.0619 e. The van der Waals surface area contributed by atoms with E-state index in [0.717, 1.165) is 5.69 Å². The predicted octanol–water partition coefficient (Wildman–Crippen LogP) is 16.3. The summed E-state index contributed by atoms with van der Waals surface area (Å²) in [5.74, 6) is 0.